The quantitative estimate of drug-likeness (QED) is 0.790. The van der Waals surface area contributed by atoms with Gasteiger partial charge in [-0.2, -0.15) is 0 Å². The Labute approximate surface area is 157 Å². The van der Waals surface area contributed by atoms with Gasteiger partial charge in [-0.1, -0.05) is 0 Å². The molecule has 3 rings (SSSR count). The third-order valence-electron chi connectivity index (χ3n) is 4.22. The highest BCUT2D eigenvalue weighted by Crippen LogP contribution is 2.37. The number of aromatic nitrogens is 1. The molecule has 8 heteroatoms. The minimum atomic E-state index is -0.523. The molecule has 2 heterocycles. The normalized spacial score (nSPS) is 13.4. The molecule has 0 fully saturated rings. The lowest BCUT2D eigenvalue weighted by Crippen LogP contribution is -2.29. The number of thiophene rings is 1. The average molecular weight is 424 g/mol. The molecule has 0 aliphatic heterocycles. The minimum Gasteiger partial charge on any atom is -0.365 e. The van der Waals surface area contributed by atoms with Gasteiger partial charge in [-0.25, -0.2) is 0 Å². The molecule has 25 heavy (non-hydrogen) atoms. The number of carbonyl (C=O) groups excluding carboxylic acids is 2. The number of primary amides is 1. The van der Waals surface area contributed by atoms with Crippen LogP contribution in [0.15, 0.2) is 21.5 Å². The van der Waals surface area contributed by atoms with Crippen LogP contribution in [0, 0.1) is 6.92 Å². The van der Waals surface area contributed by atoms with Crippen LogP contribution in [0.5, 0.6) is 0 Å². The lowest BCUT2D eigenvalue weighted by molar-refractivity contribution is -0.116. The lowest BCUT2D eigenvalue weighted by atomic mass is 9.95. The van der Waals surface area contributed by atoms with Gasteiger partial charge in [-0.05, 0) is 60.2 Å². The molecule has 2 amide bonds. The zero-order chi connectivity index (χ0) is 18.1. The lowest BCUT2D eigenvalue weighted by Gasteiger charge is -2.11. The summed E-state index contributed by atoms with van der Waals surface area (Å²) < 4.78 is 2.06. The van der Waals surface area contributed by atoms with E-state index in [1.54, 1.807) is 19.2 Å². The number of aryl methyl sites for hydroxylation is 2. The number of nitrogens with one attached hydrogen (secondary N) is 1. The Morgan fingerprint density at radius 3 is 2.80 bits per heavy atom. The van der Waals surface area contributed by atoms with Crippen LogP contribution >= 0.6 is 27.3 Å². The van der Waals surface area contributed by atoms with E-state index in [0.29, 0.717) is 16.1 Å². The maximum absolute atomic E-state index is 12.4. The van der Waals surface area contributed by atoms with Gasteiger partial charge >= 0.3 is 0 Å². The van der Waals surface area contributed by atoms with Crippen LogP contribution in [-0.2, 0) is 24.2 Å². The van der Waals surface area contributed by atoms with Crippen molar-refractivity contribution in [3.05, 3.63) is 48.7 Å². The molecule has 2 aromatic rings. The first kappa shape index (κ1) is 17.9. The Hall–Kier alpha value is -1.93. The van der Waals surface area contributed by atoms with Crippen LogP contribution in [0.3, 0.4) is 0 Å². The fourth-order valence-electron chi connectivity index (χ4n) is 3.09. The van der Waals surface area contributed by atoms with Crippen LogP contribution < -0.4 is 16.6 Å². The van der Waals surface area contributed by atoms with Crippen molar-refractivity contribution in [2.75, 3.05) is 5.32 Å². The van der Waals surface area contributed by atoms with E-state index >= 15 is 0 Å². The number of hydrogen-bond acceptors (Lipinski definition) is 4. The zero-order valence-electron chi connectivity index (χ0n) is 13.7. The number of halogens is 1. The van der Waals surface area contributed by atoms with E-state index in [-0.39, 0.29) is 18.0 Å². The molecular weight excluding hydrogens is 406 g/mol. The highest BCUT2D eigenvalue weighted by Gasteiger charge is 2.25. The summed E-state index contributed by atoms with van der Waals surface area (Å²) in [5, 5.41) is 3.26. The first-order valence-electron chi connectivity index (χ1n) is 7.97. The number of hydrogen-bond donors (Lipinski definition) is 2. The summed E-state index contributed by atoms with van der Waals surface area (Å²) in [7, 11) is 0. The second-order valence-electron chi connectivity index (χ2n) is 6.10. The van der Waals surface area contributed by atoms with Crippen molar-refractivity contribution in [1.29, 1.82) is 0 Å². The summed E-state index contributed by atoms with van der Waals surface area (Å²) in [5.74, 6) is -0.883. The fraction of sp³-hybridized carbons (Fsp3) is 0.353. The van der Waals surface area contributed by atoms with Crippen molar-refractivity contribution in [1.82, 2.24) is 4.57 Å². The van der Waals surface area contributed by atoms with E-state index in [9.17, 15) is 14.4 Å². The van der Waals surface area contributed by atoms with Crippen LogP contribution in [0.2, 0.25) is 0 Å². The summed E-state index contributed by atoms with van der Waals surface area (Å²) in [5.41, 5.74) is 7.24. The Morgan fingerprint density at radius 2 is 2.08 bits per heavy atom. The van der Waals surface area contributed by atoms with Crippen molar-refractivity contribution in [2.45, 2.75) is 39.2 Å². The van der Waals surface area contributed by atoms with Gasteiger partial charge in [0.2, 0.25) is 5.91 Å². The number of nitrogens with zero attached hydrogens (tertiary/aromatic N) is 1. The number of anilines is 1. The molecule has 3 N–H and O–H groups in total. The number of rotatable bonds is 4. The zero-order valence-corrected chi connectivity index (χ0v) is 16.1. The van der Waals surface area contributed by atoms with Crippen LogP contribution in [-0.4, -0.2) is 16.4 Å². The molecule has 0 aromatic carbocycles. The first-order valence-corrected chi connectivity index (χ1v) is 9.58. The van der Waals surface area contributed by atoms with Gasteiger partial charge in [-0.3, -0.25) is 14.4 Å². The van der Waals surface area contributed by atoms with Crippen LogP contribution in [0.1, 0.15) is 39.2 Å². The van der Waals surface area contributed by atoms with Crippen LogP contribution in [0.4, 0.5) is 5.00 Å². The molecule has 6 nitrogen and oxygen atoms in total. The summed E-state index contributed by atoms with van der Waals surface area (Å²) >= 11 is 4.73. The summed E-state index contributed by atoms with van der Waals surface area (Å²) in [6.45, 7) is 1.57. The highest BCUT2D eigenvalue weighted by atomic mass is 79.9. The molecule has 0 radical (unpaired) electrons. The van der Waals surface area contributed by atoms with Gasteiger partial charge < -0.3 is 15.6 Å². The first-order chi connectivity index (χ1) is 11.9. The Bertz CT molecular complexity index is 917. The van der Waals surface area contributed by atoms with Gasteiger partial charge in [0.1, 0.15) is 11.5 Å². The summed E-state index contributed by atoms with van der Waals surface area (Å²) in [6.07, 6.45) is 5.38. The van der Waals surface area contributed by atoms with Crippen molar-refractivity contribution < 1.29 is 9.59 Å². The van der Waals surface area contributed by atoms with E-state index in [1.807, 2.05) is 0 Å². The number of fused-ring (bicyclic) bond motifs is 1. The Morgan fingerprint density at radius 1 is 1.36 bits per heavy atom. The van der Waals surface area contributed by atoms with Gasteiger partial charge in [0.25, 0.3) is 11.5 Å². The van der Waals surface area contributed by atoms with E-state index in [4.69, 9.17) is 5.73 Å². The Kier molecular flexibility index (Phi) is 5.10. The van der Waals surface area contributed by atoms with E-state index in [1.165, 1.54) is 15.9 Å². The fourth-order valence-corrected chi connectivity index (χ4v) is 4.99. The maximum atomic E-state index is 12.4. The average Bonchev–Trinajstić information content (AvgIpc) is 2.89. The molecule has 132 valence electrons. The number of pyridine rings is 1. The topological polar surface area (TPSA) is 94.2 Å². The van der Waals surface area contributed by atoms with Crippen molar-refractivity contribution in [3.63, 3.8) is 0 Å². The van der Waals surface area contributed by atoms with Gasteiger partial charge in [-0.15, -0.1) is 11.3 Å². The number of nitrogens with two attached hydrogens (primary N) is 1. The molecule has 0 bridgehead atoms. The second-order valence-corrected chi connectivity index (χ2v) is 8.12. The summed E-state index contributed by atoms with van der Waals surface area (Å²) in [4.78, 5) is 37.5. The van der Waals surface area contributed by atoms with Crippen LogP contribution in [0.25, 0.3) is 0 Å². The van der Waals surface area contributed by atoms with Gasteiger partial charge in [0.05, 0.1) is 5.56 Å². The van der Waals surface area contributed by atoms with Crippen molar-refractivity contribution in [2.24, 2.45) is 5.73 Å². The molecule has 0 saturated carbocycles. The van der Waals surface area contributed by atoms with E-state index in [2.05, 4.69) is 21.2 Å². The highest BCUT2D eigenvalue weighted by molar-refractivity contribution is 9.10. The molecule has 1 aliphatic rings. The predicted molar refractivity (Wildman–Crippen MR) is 101 cm³/mol. The van der Waals surface area contributed by atoms with E-state index < -0.39 is 5.91 Å². The third kappa shape index (κ3) is 3.69. The molecule has 0 saturated heterocycles. The molecule has 0 unspecified atom stereocenters. The smallest absolute Gasteiger partial charge is 0.253 e. The largest absolute Gasteiger partial charge is 0.365 e. The van der Waals surface area contributed by atoms with Gasteiger partial charge in [0.15, 0.2) is 0 Å². The van der Waals surface area contributed by atoms with Crippen molar-refractivity contribution >= 4 is 44.1 Å². The molecular formula is C17H18BrN3O3S. The Balaban J connectivity index is 1.86. The third-order valence-corrected chi connectivity index (χ3v) is 5.86. The SMILES string of the molecule is Cc1cc(Br)cn(CC(=O)Nc2sc3c(c2C(N)=O)CCCC3)c1=O. The molecule has 2 aromatic heterocycles. The molecule has 0 spiro atoms. The second kappa shape index (κ2) is 7.13. The maximum Gasteiger partial charge on any atom is 0.253 e. The van der Waals surface area contributed by atoms with Gasteiger partial charge in [0, 0.05) is 21.1 Å². The number of carbonyl (C=O) groups is 2. The summed E-state index contributed by atoms with van der Waals surface area (Å²) in [6, 6.07) is 1.70. The van der Waals surface area contributed by atoms with E-state index in [0.717, 1.165) is 40.6 Å². The molecule has 0 atom stereocenters. The predicted octanol–water partition coefficient (Wildman–Crippen LogP) is 2.60. The number of amides is 2. The van der Waals surface area contributed by atoms with Crippen molar-refractivity contribution in [3.8, 4) is 0 Å². The monoisotopic (exact) mass is 423 g/mol. The standard InChI is InChI=1S/C17H18BrN3O3S/c1-9-6-10(18)7-21(17(9)24)8-13(22)20-16-14(15(19)23)11-4-2-3-5-12(11)25-16/h6-7H,2-5,8H2,1H3,(H2,19,23)(H,20,22). The molecule has 1 aliphatic carbocycles. The minimum absolute atomic E-state index is 0.125.